The number of hydrogen-bond acceptors (Lipinski definition) is 4. The average molecular weight is 357 g/mol. The summed E-state index contributed by atoms with van der Waals surface area (Å²) in [4.78, 5) is 12.4. The predicted molar refractivity (Wildman–Crippen MR) is 96.7 cm³/mol. The lowest BCUT2D eigenvalue weighted by Gasteiger charge is -2.37. The molecule has 1 aromatic rings. The van der Waals surface area contributed by atoms with Crippen molar-refractivity contribution in [2.75, 3.05) is 0 Å². The summed E-state index contributed by atoms with van der Waals surface area (Å²) in [5.74, 6) is 1.34. The van der Waals surface area contributed by atoms with Crippen molar-refractivity contribution in [2.24, 2.45) is 11.8 Å². The monoisotopic (exact) mass is 357 g/mol. The van der Waals surface area contributed by atoms with Gasteiger partial charge in [-0.15, -0.1) is 0 Å². The summed E-state index contributed by atoms with van der Waals surface area (Å²) in [7, 11) is 0. The van der Waals surface area contributed by atoms with E-state index in [4.69, 9.17) is 14.6 Å². The molecule has 0 spiro atoms. The molecule has 0 saturated heterocycles. The third kappa shape index (κ3) is 4.27. The molecule has 5 heteroatoms. The number of rotatable bonds is 7. The molecule has 26 heavy (non-hydrogen) atoms. The predicted octanol–water partition coefficient (Wildman–Crippen LogP) is 3.02. The molecule has 4 rings (SSSR count). The van der Waals surface area contributed by atoms with Crippen molar-refractivity contribution in [1.82, 2.24) is 5.32 Å². The maximum atomic E-state index is 12.4. The lowest BCUT2D eigenvalue weighted by atomic mass is 9.73. The summed E-state index contributed by atoms with van der Waals surface area (Å²) in [6.45, 7) is 0.478. The van der Waals surface area contributed by atoms with Gasteiger partial charge >= 0.3 is 0 Å². The van der Waals surface area contributed by atoms with E-state index < -0.39 is 0 Å². The van der Waals surface area contributed by atoms with Crippen molar-refractivity contribution < 1.29 is 19.4 Å². The summed E-state index contributed by atoms with van der Waals surface area (Å²) in [6, 6.07) is 8.02. The molecule has 0 radical (unpaired) electrons. The topological polar surface area (TPSA) is 67.8 Å². The minimum absolute atomic E-state index is 0.0419. The second-order valence-corrected chi connectivity index (χ2v) is 7.70. The van der Waals surface area contributed by atoms with Crippen LogP contribution >= 0.6 is 0 Å². The Morgan fingerprint density at radius 1 is 1.15 bits per heavy atom. The van der Waals surface area contributed by atoms with Gasteiger partial charge in [0, 0.05) is 12.5 Å². The van der Waals surface area contributed by atoms with Crippen molar-refractivity contribution in [2.45, 2.75) is 64.1 Å². The number of ether oxygens (including phenoxy) is 2. The third-order valence-electron chi connectivity index (χ3n) is 5.62. The van der Waals surface area contributed by atoms with Crippen LogP contribution in [0, 0.1) is 11.8 Å². The van der Waals surface area contributed by atoms with E-state index in [1.807, 2.05) is 30.3 Å². The molecule has 2 N–H and O–H groups in total. The van der Waals surface area contributed by atoms with Crippen molar-refractivity contribution in [1.29, 1.82) is 0 Å². The van der Waals surface area contributed by atoms with Gasteiger partial charge in [-0.1, -0.05) is 30.7 Å². The number of carbonyl (C=O) groups excluding carboxylic acids is 1. The molecule has 2 aliphatic carbocycles. The van der Waals surface area contributed by atoms with Crippen LogP contribution < -0.4 is 5.32 Å². The minimum Gasteiger partial charge on any atom is -0.459 e. The zero-order valence-electron chi connectivity index (χ0n) is 15.0. The van der Waals surface area contributed by atoms with Gasteiger partial charge in [0.2, 0.25) is 6.29 Å². The molecule has 0 aromatic heterocycles. The lowest BCUT2D eigenvalue weighted by molar-refractivity contribution is -0.156. The van der Waals surface area contributed by atoms with Crippen LogP contribution in [0.3, 0.4) is 0 Å². The number of aliphatic hydroxyl groups excluding tert-OH is 1. The largest absolute Gasteiger partial charge is 0.459 e. The van der Waals surface area contributed by atoms with Crippen LogP contribution in [0.4, 0.5) is 0 Å². The molecule has 3 aliphatic rings. The van der Waals surface area contributed by atoms with Crippen LogP contribution in [-0.2, 0) is 27.5 Å². The van der Waals surface area contributed by atoms with Gasteiger partial charge in [0.15, 0.2) is 5.76 Å². The SMILES string of the molecule is O=C(NC1CC1)C1=C[C@H](C2CCC2)C[C@H](OCc2ccc(CO)cc2)O1. The van der Waals surface area contributed by atoms with Gasteiger partial charge in [-0.2, -0.15) is 0 Å². The van der Waals surface area contributed by atoms with Crippen LogP contribution in [0.25, 0.3) is 0 Å². The van der Waals surface area contributed by atoms with Crippen LogP contribution in [0.1, 0.15) is 49.7 Å². The van der Waals surface area contributed by atoms with Gasteiger partial charge in [0.1, 0.15) is 0 Å². The molecule has 5 nitrogen and oxygen atoms in total. The van der Waals surface area contributed by atoms with Crippen LogP contribution in [0.2, 0.25) is 0 Å². The van der Waals surface area contributed by atoms with E-state index in [0.29, 0.717) is 30.2 Å². The van der Waals surface area contributed by atoms with Gasteiger partial charge in [-0.3, -0.25) is 4.79 Å². The van der Waals surface area contributed by atoms with E-state index >= 15 is 0 Å². The zero-order chi connectivity index (χ0) is 17.9. The second-order valence-electron chi connectivity index (χ2n) is 7.70. The molecule has 1 aromatic carbocycles. The molecule has 1 aliphatic heterocycles. The Morgan fingerprint density at radius 3 is 2.50 bits per heavy atom. The first-order valence-electron chi connectivity index (χ1n) is 9.71. The summed E-state index contributed by atoms with van der Waals surface area (Å²) in [6.07, 6.45) is 8.31. The van der Waals surface area contributed by atoms with E-state index in [1.54, 1.807) is 0 Å². The molecule has 2 saturated carbocycles. The molecule has 1 heterocycles. The number of hydrogen-bond donors (Lipinski definition) is 2. The van der Waals surface area contributed by atoms with Gasteiger partial charge in [0.25, 0.3) is 5.91 Å². The first-order valence-corrected chi connectivity index (χ1v) is 9.71. The average Bonchev–Trinajstić information content (AvgIpc) is 3.43. The summed E-state index contributed by atoms with van der Waals surface area (Å²) in [5.41, 5.74) is 1.92. The van der Waals surface area contributed by atoms with Crippen molar-refractivity contribution in [3.05, 3.63) is 47.2 Å². The standard InChI is InChI=1S/C21H27NO4/c23-12-14-4-6-15(7-5-14)13-25-20-11-17(16-2-1-3-16)10-19(26-20)21(24)22-18-8-9-18/h4-7,10,16-18,20,23H,1-3,8-9,11-13H2,(H,22,24)/t17-,20+/m0/s1. The molecule has 0 unspecified atom stereocenters. The number of benzene rings is 1. The van der Waals surface area contributed by atoms with Crippen LogP contribution in [0.5, 0.6) is 0 Å². The number of amides is 1. The summed E-state index contributed by atoms with van der Waals surface area (Å²) >= 11 is 0. The highest BCUT2D eigenvalue weighted by Crippen LogP contribution is 2.40. The summed E-state index contributed by atoms with van der Waals surface area (Å²) in [5, 5.41) is 12.1. The first kappa shape index (κ1) is 17.6. The summed E-state index contributed by atoms with van der Waals surface area (Å²) < 4.78 is 11.9. The Balaban J connectivity index is 1.38. The normalized spacial score (nSPS) is 25.8. The maximum absolute atomic E-state index is 12.4. The van der Waals surface area contributed by atoms with Crippen molar-refractivity contribution in [3.63, 3.8) is 0 Å². The Hall–Kier alpha value is -1.85. The fraction of sp³-hybridized carbons (Fsp3) is 0.571. The van der Waals surface area contributed by atoms with Crippen LogP contribution in [0.15, 0.2) is 36.1 Å². The van der Waals surface area contributed by atoms with Gasteiger partial charge < -0.3 is 19.9 Å². The molecule has 2 fully saturated rings. The number of carbonyl (C=O) groups is 1. The highest BCUT2D eigenvalue weighted by atomic mass is 16.7. The molecule has 140 valence electrons. The molecular formula is C21H27NO4. The van der Waals surface area contributed by atoms with Crippen LogP contribution in [-0.4, -0.2) is 23.3 Å². The zero-order valence-corrected chi connectivity index (χ0v) is 15.0. The Bertz CT molecular complexity index is 661. The minimum atomic E-state index is -0.386. The molecule has 2 atom stereocenters. The Labute approximate surface area is 154 Å². The van der Waals surface area contributed by atoms with Gasteiger partial charge in [-0.05, 0) is 54.7 Å². The molecule has 1 amide bonds. The van der Waals surface area contributed by atoms with E-state index in [9.17, 15) is 4.79 Å². The number of allylic oxidation sites excluding steroid dienone is 1. The van der Waals surface area contributed by atoms with Crippen molar-refractivity contribution >= 4 is 5.91 Å². The quantitative estimate of drug-likeness (QED) is 0.787. The molecular weight excluding hydrogens is 330 g/mol. The third-order valence-corrected chi connectivity index (χ3v) is 5.62. The molecule has 0 bridgehead atoms. The fourth-order valence-electron chi connectivity index (χ4n) is 3.56. The number of nitrogens with one attached hydrogen (secondary N) is 1. The highest BCUT2D eigenvalue weighted by Gasteiger charge is 2.35. The highest BCUT2D eigenvalue weighted by molar-refractivity contribution is 5.92. The van der Waals surface area contributed by atoms with Crippen molar-refractivity contribution in [3.8, 4) is 0 Å². The van der Waals surface area contributed by atoms with E-state index in [0.717, 1.165) is 30.4 Å². The number of aliphatic hydroxyl groups is 1. The lowest BCUT2D eigenvalue weighted by Crippen LogP contribution is -2.36. The van der Waals surface area contributed by atoms with E-state index in [1.165, 1.54) is 19.3 Å². The second kappa shape index (κ2) is 7.80. The van der Waals surface area contributed by atoms with E-state index in [-0.39, 0.29) is 18.8 Å². The van der Waals surface area contributed by atoms with Gasteiger partial charge in [0.05, 0.1) is 13.2 Å². The Morgan fingerprint density at radius 2 is 1.88 bits per heavy atom. The van der Waals surface area contributed by atoms with E-state index in [2.05, 4.69) is 5.32 Å². The maximum Gasteiger partial charge on any atom is 0.286 e. The fourth-order valence-corrected chi connectivity index (χ4v) is 3.56. The smallest absolute Gasteiger partial charge is 0.286 e. The van der Waals surface area contributed by atoms with Gasteiger partial charge in [-0.25, -0.2) is 0 Å². The Kier molecular flexibility index (Phi) is 5.27. The first-order chi connectivity index (χ1) is 12.7.